The highest BCUT2D eigenvalue weighted by Gasteiger charge is 2.26. The zero-order valence-corrected chi connectivity index (χ0v) is 19.4. The topological polar surface area (TPSA) is 72.6 Å². The Morgan fingerprint density at radius 3 is 2.26 bits per heavy atom. The van der Waals surface area contributed by atoms with Crippen molar-refractivity contribution in [2.45, 2.75) is 59.6 Å². The van der Waals surface area contributed by atoms with Gasteiger partial charge in [-0.05, 0) is 63.8 Å². The number of nitrogens with zero attached hydrogens (tertiary/aromatic N) is 5. The van der Waals surface area contributed by atoms with Gasteiger partial charge in [0.2, 0.25) is 0 Å². The van der Waals surface area contributed by atoms with Gasteiger partial charge in [0.1, 0.15) is 11.9 Å². The summed E-state index contributed by atoms with van der Waals surface area (Å²) >= 11 is 0. The number of piperazine rings is 1. The van der Waals surface area contributed by atoms with E-state index in [9.17, 15) is 9.59 Å². The fourth-order valence-corrected chi connectivity index (χ4v) is 3.61. The molecule has 3 rings (SSSR count). The molecular formula is C23H35N5O3. The molecule has 1 saturated heterocycles. The van der Waals surface area contributed by atoms with Crippen molar-refractivity contribution in [1.82, 2.24) is 19.2 Å². The van der Waals surface area contributed by atoms with Gasteiger partial charge in [-0.1, -0.05) is 13.8 Å². The number of hydrogen-bond donors (Lipinski definition) is 0. The highest BCUT2D eigenvalue weighted by Crippen LogP contribution is 2.20. The predicted molar refractivity (Wildman–Crippen MR) is 122 cm³/mol. The van der Waals surface area contributed by atoms with Crippen LogP contribution in [0.3, 0.4) is 0 Å². The molecule has 1 aromatic carbocycles. The lowest BCUT2D eigenvalue weighted by atomic mass is 10.1. The molecule has 0 unspecified atom stereocenters. The van der Waals surface area contributed by atoms with E-state index in [2.05, 4.69) is 23.8 Å². The second kappa shape index (κ2) is 9.58. The van der Waals surface area contributed by atoms with Crippen LogP contribution in [0.4, 0.5) is 10.5 Å². The Morgan fingerprint density at radius 2 is 1.68 bits per heavy atom. The first-order chi connectivity index (χ1) is 14.6. The zero-order chi connectivity index (χ0) is 22.6. The van der Waals surface area contributed by atoms with Crippen LogP contribution in [-0.2, 0) is 11.3 Å². The van der Waals surface area contributed by atoms with Gasteiger partial charge in [0.15, 0.2) is 0 Å². The SMILES string of the molecule is CC(C)CCCn1ncn(-c2ccc(N3CCN(C(=O)OC(C)(C)C)CC3)cc2)c1=O. The first-order valence-corrected chi connectivity index (χ1v) is 11.1. The van der Waals surface area contributed by atoms with E-state index in [0.717, 1.165) is 37.3 Å². The summed E-state index contributed by atoms with van der Waals surface area (Å²) in [6, 6.07) is 7.91. The fraction of sp³-hybridized carbons (Fsp3) is 0.609. The molecule has 2 aromatic rings. The Labute approximate surface area is 184 Å². The van der Waals surface area contributed by atoms with Crippen LogP contribution < -0.4 is 10.6 Å². The highest BCUT2D eigenvalue weighted by molar-refractivity contribution is 5.68. The molecule has 2 heterocycles. The molecule has 1 amide bonds. The third-order valence-electron chi connectivity index (χ3n) is 5.31. The van der Waals surface area contributed by atoms with E-state index < -0.39 is 5.60 Å². The van der Waals surface area contributed by atoms with Gasteiger partial charge in [-0.3, -0.25) is 0 Å². The first kappa shape index (κ1) is 22.9. The molecule has 1 aromatic heterocycles. The van der Waals surface area contributed by atoms with Crippen LogP contribution in [0.1, 0.15) is 47.5 Å². The molecule has 1 aliphatic rings. The summed E-state index contributed by atoms with van der Waals surface area (Å²) in [5.41, 5.74) is 1.29. The van der Waals surface area contributed by atoms with Gasteiger partial charge in [0.05, 0.1) is 5.69 Å². The predicted octanol–water partition coefficient (Wildman–Crippen LogP) is 3.53. The number of carbonyl (C=O) groups is 1. The summed E-state index contributed by atoms with van der Waals surface area (Å²) in [4.78, 5) is 28.9. The number of hydrogen-bond acceptors (Lipinski definition) is 5. The molecule has 0 aliphatic carbocycles. The van der Waals surface area contributed by atoms with Crippen molar-refractivity contribution in [1.29, 1.82) is 0 Å². The monoisotopic (exact) mass is 429 g/mol. The Bertz CT molecular complexity index is 916. The van der Waals surface area contributed by atoms with Crippen LogP contribution in [0.15, 0.2) is 35.4 Å². The lowest BCUT2D eigenvalue weighted by Crippen LogP contribution is -2.50. The Morgan fingerprint density at radius 1 is 1.06 bits per heavy atom. The normalized spacial score (nSPS) is 14.9. The second-order valence-electron chi connectivity index (χ2n) is 9.51. The fourth-order valence-electron chi connectivity index (χ4n) is 3.61. The van der Waals surface area contributed by atoms with E-state index in [4.69, 9.17) is 4.74 Å². The molecule has 0 saturated carbocycles. The van der Waals surface area contributed by atoms with Gasteiger partial charge < -0.3 is 14.5 Å². The van der Waals surface area contributed by atoms with Gasteiger partial charge in [0, 0.05) is 38.4 Å². The summed E-state index contributed by atoms with van der Waals surface area (Å²) in [5, 5.41) is 4.26. The number of anilines is 1. The quantitative estimate of drug-likeness (QED) is 0.702. The van der Waals surface area contributed by atoms with Crippen molar-refractivity contribution in [2.24, 2.45) is 5.92 Å². The number of carbonyl (C=O) groups excluding carboxylic acids is 1. The highest BCUT2D eigenvalue weighted by atomic mass is 16.6. The molecule has 1 fully saturated rings. The van der Waals surface area contributed by atoms with E-state index in [0.29, 0.717) is 25.6 Å². The molecule has 0 N–H and O–H groups in total. The molecule has 0 radical (unpaired) electrons. The number of amides is 1. The van der Waals surface area contributed by atoms with E-state index >= 15 is 0 Å². The number of benzene rings is 1. The maximum Gasteiger partial charge on any atom is 0.410 e. The van der Waals surface area contributed by atoms with Crippen molar-refractivity contribution in [3.63, 3.8) is 0 Å². The van der Waals surface area contributed by atoms with Crippen LogP contribution in [0.2, 0.25) is 0 Å². The third-order valence-corrected chi connectivity index (χ3v) is 5.31. The molecule has 1 aliphatic heterocycles. The van der Waals surface area contributed by atoms with Crippen LogP contribution in [-0.4, -0.2) is 57.1 Å². The Hall–Kier alpha value is -2.77. The standard InChI is InChI=1S/C23H35N5O3/c1-18(2)7-6-12-28-21(29)27(17-24-28)20-10-8-19(9-11-20)25-13-15-26(16-14-25)22(30)31-23(3,4)5/h8-11,17-18H,6-7,12-16H2,1-5H3. The maximum absolute atomic E-state index is 12.6. The summed E-state index contributed by atoms with van der Waals surface area (Å²) in [6.07, 6.45) is 3.36. The molecule has 31 heavy (non-hydrogen) atoms. The van der Waals surface area contributed by atoms with E-state index in [1.54, 1.807) is 15.8 Å². The van der Waals surface area contributed by atoms with Crippen LogP contribution in [0.5, 0.6) is 0 Å². The summed E-state index contributed by atoms with van der Waals surface area (Å²) in [6.45, 7) is 13.4. The average Bonchev–Trinajstić information content (AvgIpc) is 3.07. The Balaban J connectivity index is 1.58. The van der Waals surface area contributed by atoms with Gasteiger partial charge in [-0.2, -0.15) is 5.10 Å². The smallest absolute Gasteiger partial charge is 0.410 e. The Kier molecular flexibility index (Phi) is 7.08. The molecule has 0 atom stereocenters. The third kappa shape index (κ3) is 6.12. The largest absolute Gasteiger partial charge is 0.444 e. The van der Waals surface area contributed by atoms with Gasteiger partial charge >= 0.3 is 11.8 Å². The summed E-state index contributed by atoms with van der Waals surface area (Å²) < 4.78 is 8.58. The van der Waals surface area contributed by atoms with Crippen LogP contribution in [0, 0.1) is 5.92 Å². The lowest BCUT2D eigenvalue weighted by Gasteiger charge is -2.36. The minimum absolute atomic E-state index is 0.109. The molecule has 8 nitrogen and oxygen atoms in total. The molecular weight excluding hydrogens is 394 g/mol. The molecule has 0 spiro atoms. The maximum atomic E-state index is 12.6. The zero-order valence-electron chi connectivity index (χ0n) is 19.4. The number of ether oxygens (including phenoxy) is 1. The minimum atomic E-state index is -0.482. The lowest BCUT2D eigenvalue weighted by molar-refractivity contribution is 0.0240. The molecule has 0 bridgehead atoms. The number of aromatic nitrogens is 3. The van der Waals surface area contributed by atoms with E-state index in [-0.39, 0.29) is 11.8 Å². The van der Waals surface area contributed by atoms with Crippen LogP contribution >= 0.6 is 0 Å². The molecule has 170 valence electrons. The van der Waals surface area contributed by atoms with Crippen molar-refractivity contribution < 1.29 is 9.53 Å². The van der Waals surface area contributed by atoms with E-state index in [1.807, 2.05) is 45.0 Å². The summed E-state index contributed by atoms with van der Waals surface area (Å²) in [7, 11) is 0. The minimum Gasteiger partial charge on any atom is -0.444 e. The average molecular weight is 430 g/mol. The van der Waals surface area contributed by atoms with Crippen molar-refractivity contribution >= 4 is 11.8 Å². The van der Waals surface area contributed by atoms with E-state index in [1.165, 1.54) is 4.68 Å². The van der Waals surface area contributed by atoms with Crippen molar-refractivity contribution in [2.75, 3.05) is 31.1 Å². The summed E-state index contributed by atoms with van der Waals surface area (Å²) in [5.74, 6) is 0.622. The van der Waals surface area contributed by atoms with Gasteiger partial charge in [-0.25, -0.2) is 18.8 Å². The van der Waals surface area contributed by atoms with Crippen molar-refractivity contribution in [3.05, 3.63) is 41.1 Å². The number of aryl methyl sites for hydroxylation is 1. The first-order valence-electron chi connectivity index (χ1n) is 11.1. The van der Waals surface area contributed by atoms with Crippen molar-refractivity contribution in [3.8, 4) is 5.69 Å². The molecule has 8 heteroatoms. The van der Waals surface area contributed by atoms with Crippen LogP contribution in [0.25, 0.3) is 5.69 Å². The van der Waals surface area contributed by atoms with Gasteiger partial charge in [0.25, 0.3) is 0 Å². The number of rotatable bonds is 6. The van der Waals surface area contributed by atoms with Gasteiger partial charge in [-0.15, -0.1) is 0 Å². The second-order valence-corrected chi connectivity index (χ2v) is 9.51.